The molecule has 25 heavy (non-hydrogen) atoms. The second kappa shape index (κ2) is 8.19. The number of benzene rings is 2. The second-order valence-corrected chi connectivity index (χ2v) is 5.21. The first-order valence-electron chi connectivity index (χ1n) is 7.54. The molecule has 5 nitrogen and oxygen atoms in total. The molecule has 2 aromatic carbocycles. The molecule has 0 saturated heterocycles. The molecular weight excluding hydrogens is 325 g/mol. The van der Waals surface area contributed by atoms with Crippen LogP contribution >= 0.6 is 0 Å². The van der Waals surface area contributed by atoms with E-state index in [1.807, 2.05) is 0 Å². The van der Waals surface area contributed by atoms with Crippen molar-refractivity contribution in [3.63, 3.8) is 0 Å². The van der Waals surface area contributed by atoms with Crippen molar-refractivity contribution in [1.82, 2.24) is 0 Å². The number of amides is 1. The van der Waals surface area contributed by atoms with E-state index in [-0.39, 0.29) is 5.82 Å². The van der Waals surface area contributed by atoms with E-state index in [4.69, 9.17) is 14.2 Å². The number of nitrogens with one attached hydrogen (secondary N) is 1. The Morgan fingerprint density at radius 3 is 2.16 bits per heavy atom. The van der Waals surface area contributed by atoms with E-state index in [0.29, 0.717) is 34.1 Å². The van der Waals surface area contributed by atoms with E-state index in [9.17, 15) is 9.18 Å². The summed E-state index contributed by atoms with van der Waals surface area (Å²) >= 11 is 0. The number of halogens is 1. The molecule has 0 aliphatic rings. The highest BCUT2D eigenvalue weighted by Crippen LogP contribution is 2.39. The largest absolute Gasteiger partial charge is 0.493 e. The van der Waals surface area contributed by atoms with Crippen LogP contribution in [0.5, 0.6) is 17.2 Å². The molecule has 1 amide bonds. The Bertz CT molecular complexity index is 777. The average molecular weight is 345 g/mol. The Morgan fingerprint density at radius 2 is 1.64 bits per heavy atom. The van der Waals surface area contributed by atoms with Gasteiger partial charge in [-0.25, -0.2) is 4.39 Å². The summed E-state index contributed by atoms with van der Waals surface area (Å²) in [4.78, 5) is 12.2. The molecule has 0 aromatic heterocycles. The number of methoxy groups -OCH3 is 3. The summed E-state index contributed by atoms with van der Waals surface area (Å²) < 4.78 is 29.5. The van der Waals surface area contributed by atoms with Crippen molar-refractivity contribution in [3.8, 4) is 17.2 Å². The average Bonchev–Trinajstić information content (AvgIpc) is 2.60. The molecule has 0 fully saturated rings. The highest BCUT2D eigenvalue weighted by Gasteiger charge is 2.14. The summed E-state index contributed by atoms with van der Waals surface area (Å²) in [5.41, 5.74) is 1.36. The van der Waals surface area contributed by atoms with Crippen LogP contribution in [0, 0.1) is 5.82 Å². The van der Waals surface area contributed by atoms with Gasteiger partial charge in [0.15, 0.2) is 11.5 Å². The number of carbonyl (C=O) groups is 1. The molecule has 2 aromatic rings. The first kappa shape index (κ1) is 18.3. The molecule has 0 spiro atoms. The third kappa shape index (κ3) is 4.29. The molecule has 0 atom stereocenters. The zero-order valence-corrected chi connectivity index (χ0v) is 14.6. The molecule has 0 radical (unpaired) electrons. The summed E-state index contributed by atoms with van der Waals surface area (Å²) in [6.45, 7) is 1.67. The van der Waals surface area contributed by atoms with Crippen molar-refractivity contribution in [3.05, 3.63) is 53.9 Å². The lowest BCUT2D eigenvalue weighted by Gasteiger charge is -2.14. The van der Waals surface area contributed by atoms with Gasteiger partial charge in [-0.05, 0) is 18.6 Å². The Labute approximate surface area is 146 Å². The van der Waals surface area contributed by atoms with Crippen molar-refractivity contribution >= 4 is 17.2 Å². The summed E-state index contributed by atoms with van der Waals surface area (Å²) in [7, 11) is 4.48. The number of ether oxygens (including phenoxy) is 3. The summed E-state index contributed by atoms with van der Waals surface area (Å²) in [5.74, 6) is 0.506. The van der Waals surface area contributed by atoms with Gasteiger partial charge in [0, 0.05) is 29.5 Å². The van der Waals surface area contributed by atoms with Crippen LogP contribution in [0.3, 0.4) is 0 Å². The Hall–Kier alpha value is -3.02. The van der Waals surface area contributed by atoms with Gasteiger partial charge >= 0.3 is 0 Å². The number of hydrogen-bond acceptors (Lipinski definition) is 4. The van der Waals surface area contributed by atoms with Gasteiger partial charge in [0.1, 0.15) is 5.82 Å². The minimum absolute atomic E-state index is 0.377. The van der Waals surface area contributed by atoms with Crippen LogP contribution in [-0.2, 0) is 4.79 Å². The fourth-order valence-corrected chi connectivity index (χ4v) is 2.39. The lowest BCUT2D eigenvalue weighted by Crippen LogP contribution is -2.09. The third-order valence-electron chi connectivity index (χ3n) is 3.58. The van der Waals surface area contributed by atoms with Crippen molar-refractivity contribution < 1.29 is 23.4 Å². The second-order valence-electron chi connectivity index (χ2n) is 5.21. The van der Waals surface area contributed by atoms with E-state index in [2.05, 4.69) is 5.32 Å². The van der Waals surface area contributed by atoms with Crippen molar-refractivity contribution in [2.24, 2.45) is 0 Å². The minimum Gasteiger partial charge on any atom is -0.493 e. The summed E-state index contributed by atoms with van der Waals surface area (Å²) in [6.07, 6.45) is 1.33. The van der Waals surface area contributed by atoms with Crippen LogP contribution in [0.2, 0.25) is 0 Å². The smallest absolute Gasteiger partial charge is 0.248 e. The van der Waals surface area contributed by atoms with Crippen molar-refractivity contribution in [2.45, 2.75) is 6.92 Å². The summed E-state index contributed by atoms with van der Waals surface area (Å²) in [5, 5.41) is 2.71. The first-order chi connectivity index (χ1) is 12.0. The molecular formula is C19H20FNO4. The number of anilines is 1. The molecule has 0 aliphatic carbocycles. The van der Waals surface area contributed by atoms with Crippen LogP contribution in [0.4, 0.5) is 10.1 Å². The molecule has 6 heteroatoms. The quantitative estimate of drug-likeness (QED) is 0.807. The Morgan fingerprint density at radius 1 is 1.04 bits per heavy atom. The lowest BCUT2D eigenvalue weighted by atomic mass is 10.1. The molecule has 132 valence electrons. The SMILES string of the molecule is COc1cc(NC(=O)/C=C(/C)c2ccccc2F)cc(OC)c1OC. The Balaban J connectivity index is 2.26. The number of hydrogen-bond donors (Lipinski definition) is 1. The fourth-order valence-electron chi connectivity index (χ4n) is 2.39. The third-order valence-corrected chi connectivity index (χ3v) is 3.58. The van der Waals surface area contributed by atoms with Crippen LogP contribution in [-0.4, -0.2) is 27.2 Å². The van der Waals surface area contributed by atoms with Crippen LogP contribution in [0.25, 0.3) is 5.57 Å². The zero-order valence-electron chi connectivity index (χ0n) is 14.6. The molecule has 0 aliphatic heterocycles. The van der Waals surface area contributed by atoms with Gasteiger partial charge in [-0.3, -0.25) is 4.79 Å². The molecule has 2 rings (SSSR count). The van der Waals surface area contributed by atoms with E-state index in [1.54, 1.807) is 37.3 Å². The molecule has 0 unspecified atom stereocenters. The first-order valence-corrected chi connectivity index (χ1v) is 7.54. The van der Waals surface area contributed by atoms with Gasteiger partial charge < -0.3 is 19.5 Å². The zero-order chi connectivity index (χ0) is 18.4. The Kier molecular flexibility index (Phi) is 6.00. The predicted molar refractivity (Wildman–Crippen MR) is 94.8 cm³/mol. The number of carbonyl (C=O) groups excluding carboxylic acids is 1. The highest BCUT2D eigenvalue weighted by atomic mass is 19.1. The highest BCUT2D eigenvalue weighted by molar-refractivity contribution is 6.04. The van der Waals surface area contributed by atoms with Crippen LogP contribution in [0.15, 0.2) is 42.5 Å². The van der Waals surface area contributed by atoms with Crippen LogP contribution in [0.1, 0.15) is 12.5 Å². The fraction of sp³-hybridized carbons (Fsp3) is 0.211. The van der Waals surface area contributed by atoms with E-state index >= 15 is 0 Å². The van der Waals surface area contributed by atoms with Crippen molar-refractivity contribution in [2.75, 3.05) is 26.6 Å². The summed E-state index contributed by atoms with van der Waals surface area (Å²) in [6, 6.07) is 9.52. The maximum Gasteiger partial charge on any atom is 0.248 e. The monoisotopic (exact) mass is 345 g/mol. The van der Waals surface area contributed by atoms with Crippen LogP contribution < -0.4 is 19.5 Å². The lowest BCUT2D eigenvalue weighted by molar-refractivity contribution is -0.111. The molecule has 0 bridgehead atoms. The maximum atomic E-state index is 13.8. The van der Waals surface area contributed by atoms with Gasteiger partial charge in [0.25, 0.3) is 0 Å². The van der Waals surface area contributed by atoms with Gasteiger partial charge in [-0.1, -0.05) is 18.2 Å². The minimum atomic E-state index is -0.393. The molecule has 1 N–H and O–H groups in total. The number of rotatable bonds is 6. The van der Waals surface area contributed by atoms with E-state index in [1.165, 1.54) is 33.5 Å². The van der Waals surface area contributed by atoms with Gasteiger partial charge in [-0.15, -0.1) is 0 Å². The maximum absolute atomic E-state index is 13.8. The standard InChI is InChI=1S/C19H20FNO4/c1-12(14-7-5-6-8-15(14)20)9-18(22)21-13-10-16(23-2)19(25-4)17(11-13)24-3/h5-11H,1-4H3,(H,21,22)/b12-9-. The van der Waals surface area contributed by atoms with E-state index in [0.717, 1.165) is 0 Å². The van der Waals surface area contributed by atoms with Gasteiger partial charge in [0.05, 0.1) is 21.3 Å². The van der Waals surface area contributed by atoms with Gasteiger partial charge in [0.2, 0.25) is 11.7 Å². The normalized spacial score (nSPS) is 11.0. The van der Waals surface area contributed by atoms with E-state index < -0.39 is 5.91 Å². The van der Waals surface area contributed by atoms with Gasteiger partial charge in [-0.2, -0.15) is 0 Å². The molecule has 0 saturated carbocycles. The van der Waals surface area contributed by atoms with Crippen molar-refractivity contribution in [1.29, 1.82) is 0 Å². The topological polar surface area (TPSA) is 56.8 Å². The molecule has 0 heterocycles. The number of allylic oxidation sites excluding steroid dienone is 1. The predicted octanol–water partition coefficient (Wildman–Crippen LogP) is 3.89.